The zero-order valence-electron chi connectivity index (χ0n) is 15.6. The van der Waals surface area contributed by atoms with Crippen molar-refractivity contribution in [1.82, 2.24) is 15.0 Å². The first kappa shape index (κ1) is 17.7. The van der Waals surface area contributed by atoms with E-state index in [1.165, 1.54) is 11.1 Å². The highest BCUT2D eigenvalue weighted by Crippen LogP contribution is 2.28. The van der Waals surface area contributed by atoms with Gasteiger partial charge in [-0.3, -0.25) is 0 Å². The van der Waals surface area contributed by atoms with E-state index in [0.29, 0.717) is 0 Å². The Balaban J connectivity index is 1.60. The van der Waals surface area contributed by atoms with Crippen LogP contribution in [0.5, 0.6) is 0 Å². The summed E-state index contributed by atoms with van der Waals surface area (Å²) in [5.74, 6) is 1.97. The summed E-state index contributed by atoms with van der Waals surface area (Å²) in [6, 6.07) is 12.1. The summed E-state index contributed by atoms with van der Waals surface area (Å²) in [6.45, 7) is 4.48. The monoisotopic (exact) mass is 379 g/mol. The van der Waals surface area contributed by atoms with Crippen LogP contribution in [0.3, 0.4) is 0 Å². The number of fused-ring (bicyclic) bond motifs is 1. The normalized spacial score (nSPS) is 13.4. The molecule has 0 saturated carbocycles. The van der Waals surface area contributed by atoms with Crippen molar-refractivity contribution >= 4 is 23.2 Å². The maximum atomic E-state index is 6.13. The number of pyridine rings is 1. The van der Waals surface area contributed by atoms with Crippen molar-refractivity contribution < 1.29 is 0 Å². The second-order valence-corrected chi connectivity index (χ2v) is 7.41. The van der Waals surface area contributed by atoms with Gasteiger partial charge in [-0.25, -0.2) is 15.0 Å². The highest BCUT2D eigenvalue weighted by atomic mass is 35.5. The van der Waals surface area contributed by atoms with Crippen LogP contribution in [0.4, 0.5) is 11.6 Å². The number of benzene rings is 1. The highest BCUT2D eigenvalue weighted by molar-refractivity contribution is 6.30. The molecule has 27 heavy (non-hydrogen) atoms. The first-order chi connectivity index (χ1) is 13.1. The molecule has 0 unspecified atom stereocenters. The summed E-state index contributed by atoms with van der Waals surface area (Å²) < 4.78 is 0. The minimum atomic E-state index is 0.743. The van der Waals surface area contributed by atoms with Crippen molar-refractivity contribution in [2.45, 2.75) is 26.4 Å². The van der Waals surface area contributed by atoms with Crippen LogP contribution in [0.2, 0.25) is 5.02 Å². The molecular formula is C21H22ClN5. The maximum Gasteiger partial charge on any atom is 0.137 e. The third-order valence-corrected chi connectivity index (χ3v) is 5.10. The molecule has 0 N–H and O–H groups in total. The Bertz CT molecular complexity index is 942. The van der Waals surface area contributed by atoms with Gasteiger partial charge in [-0.15, -0.1) is 0 Å². The topological polar surface area (TPSA) is 45.2 Å². The molecule has 138 valence electrons. The molecule has 1 aliphatic heterocycles. The van der Waals surface area contributed by atoms with Crippen LogP contribution in [-0.4, -0.2) is 28.5 Å². The van der Waals surface area contributed by atoms with Gasteiger partial charge in [-0.05, 0) is 36.2 Å². The summed E-state index contributed by atoms with van der Waals surface area (Å²) >= 11 is 6.13. The molecule has 1 aromatic carbocycles. The Morgan fingerprint density at radius 3 is 2.81 bits per heavy atom. The first-order valence-corrected chi connectivity index (χ1v) is 9.44. The number of hydrogen-bond donors (Lipinski definition) is 0. The molecule has 0 aliphatic carbocycles. The molecule has 3 aromatic rings. The van der Waals surface area contributed by atoms with Gasteiger partial charge in [0.15, 0.2) is 0 Å². The van der Waals surface area contributed by atoms with Crippen molar-refractivity contribution in [1.29, 1.82) is 0 Å². The zero-order valence-corrected chi connectivity index (χ0v) is 16.3. The minimum absolute atomic E-state index is 0.743. The minimum Gasteiger partial charge on any atom is -0.355 e. The molecule has 5 nitrogen and oxygen atoms in total. The lowest BCUT2D eigenvalue weighted by Crippen LogP contribution is -2.33. The molecular weight excluding hydrogens is 358 g/mol. The Kier molecular flexibility index (Phi) is 4.94. The summed E-state index contributed by atoms with van der Waals surface area (Å²) in [7, 11) is 2.06. The maximum absolute atomic E-state index is 6.13. The Labute approximate surface area is 164 Å². The van der Waals surface area contributed by atoms with E-state index in [4.69, 9.17) is 11.6 Å². The molecule has 6 heteroatoms. The van der Waals surface area contributed by atoms with Gasteiger partial charge < -0.3 is 9.80 Å². The van der Waals surface area contributed by atoms with Crippen LogP contribution in [0.1, 0.15) is 22.4 Å². The average Bonchev–Trinajstić information content (AvgIpc) is 2.67. The van der Waals surface area contributed by atoms with E-state index in [1.807, 2.05) is 24.4 Å². The Hall–Kier alpha value is -2.66. The quantitative estimate of drug-likeness (QED) is 0.684. The van der Waals surface area contributed by atoms with Gasteiger partial charge in [0.2, 0.25) is 0 Å². The van der Waals surface area contributed by atoms with Crippen LogP contribution < -0.4 is 9.80 Å². The molecule has 0 saturated heterocycles. The predicted molar refractivity (Wildman–Crippen MR) is 109 cm³/mol. The number of halogens is 1. The smallest absolute Gasteiger partial charge is 0.137 e. The molecule has 0 fully saturated rings. The summed E-state index contributed by atoms with van der Waals surface area (Å²) in [4.78, 5) is 18.1. The fourth-order valence-corrected chi connectivity index (χ4v) is 3.69. The SMILES string of the molecule is Cc1ccc(N2CCc3ncnc(N(C)Cc4cccc(Cl)c4)c3C2)nc1. The number of rotatable bonds is 4. The number of nitrogens with zero attached hydrogens (tertiary/aromatic N) is 5. The van der Waals surface area contributed by atoms with Crippen LogP contribution in [0.25, 0.3) is 0 Å². The summed E-state index contributed by atoms with van der Waals surface area (Å²) in [5.41, 5.74) is 4.63. The van der Waals surface area contributed by atoms with E-state index < -0.39 is 0 Å². The summed E-state index contributed by atoms with van der Waals surface area (Å²) in [5, 5.41) is 0.752. The van der Waals surface area contributed by atoms with Crippen molar-refractivity contribution in [3.63, 3.8) is 0 Å². The lowest BCUT2D eigenvalue weighted by atomic mass is 10.1. The predicted octanol–water partition coefficient (Wildman–Crippen LogP) is 4.03. The number of aromatic nitrogens is 3. The van der Waals surface area contributed by atoms with Gasteiger partial charge in [-0.2, -0.15) is 0 Å². The number of hydrogen-bond acceptors (Lipinski definition) is 5. The van der Waals surface area contributed by atoms with E-state index in [1.54, 1.807) is 6.33 Å². The molecule has 2 aromatic heterocycles. The number of anilines is 2. The van der Waals surface area contributed by atoms with E-state index in [0.717, 1.165) is 54.0 Å². The third kappa shape index (κ3) is 3.88. The van der Waals surface area contributed by atoms with Gasteiger partial charge in [0, 0.05) is 49.9 Å². The standard InChI is InChI=1S/C21H22ClN5/c1-15-6-7-20(23-11-15)27-9-8-19-18(13-27)21(25-14-24-19)26(2)12-16-4-3-5-17(22)10-16/h3-7,10-11,14H,8-9,12-13H2,1-2H3. The molecule has 4 rings (SSSR count). The van der Waals surface area contributed by atoms with Crippen LogP contribution in [0.15, 0.2) is 48.9 Å². The number of aryl methyl sites for hydroxylation is 1. The van der Waals surface area contributed by atoms with Crippen molar-refractivity contribution in [2.24, 2.45) is 0 Å². The lowest BCUT2D eigenvalue weighted by Gasteiger charge is -2.32. The molecule has 0 bridgehead atoms. The van der Waals surface area contributed by atoms with E-state index in [2.05, 4.69) is 56.9 Å². The molecule has 0 spiro atoms. The molecule has 3 heterocycles. The van der Waals surface area contributed by atoms with Gasteiger partial charge in [0.05, 0.1) is 5.69 Å². The molecule has 1 aliphatic rings. The van der Waals surface area contributed by atoms with Crippen LogP contribution in [0, 0.1) is 6.92 Å². The van der Waals surface area contributed by atoms with Gasteiger partial charge in [-0.1, -0.05) is 29.8 Å². The van der Waals surface area contributed by atoms with Gasteiger partial charge in [0.1, 0.15) is 18.0 Å². The summed E-state index contributed by atoms with van der Waals surface area (Å²) in [6.07, 6.45) is 4.48. The molecule has 0 amide bonds. The van der Waals surface area contributed by atoms with E-state index >= 15 is 0 Å². The Morgan fingerprint density at radius 1 is 1.15 bits per heavy atom. The van der Waals surface area contributed by atoms with Crippen molar-refractivity contribution in [3.05, 3.63) is 76.3 Å². The largest absolute Gasteiger partial charge is 0.355 e. The van der Waals surface area contributed by atoms with Crippen molar-refractivity contribution in [3.8, 4) is 0 Å². The zero-order chi connectivity index (χ0) is 18.8. The first-order valence-electron chi connectivity index (χ1n) is 9.06. The van der Waals surface area contributed by atoms with Crippen LogP contribution >= 0.6 is 11.6 Å². The molecule has 0 atom stereocenters. The average molecular weight is 380 g/mol. The van der Waals surface area contributed by atoms with Gasteiger partial charge >= 0.3 is 0 Å². The van der Waals surface area contributed by atoms with E-state index in [9.17, 15) is 0 Å². The molecule has 0 radical (unpaired) electrons. The van der Waals surface area contributed by atoms with Crippen LogP contribution in [-0.2, 0) is 19.5 Å². The fourth-order valence-electron chi connectivity index (χ4n) is 3.48. The highest BCUT2D eigenvalue weighted by Gasteiger charge is 2.23. The van der Waals surface area contributed by atoms with Gasteiger partial charge in [0.25, 0.3) is 0 Å². The fraction of sp³-hybridized carbons (Fsp3) is 0.286. The second-order valence-electron chi connectivity index (χ2n) is 6.97. The third-order valence-electron chi connectivity index (χ3n) is 4.87. The van der Waals surface area contributed by atoms with Crippen molar-refractivity contribution in [2.75, 3.05) is 23.4 Å². The second kappa shape index (κ2) is 7.53. The van der Waals surface area contributed by atoms with E-state index in [-0.39, 0.29) is 0 Å². The lowest BCUT2D eigenvalue weighted by molar-refractivity contribution is 0.690. The Morgan fingerprint density at radius 2 is 2.04 bits per heavy atom.